The molecule has 1 heteroatoms. The Labute approximate surface area is 88.5 Å². The molecule has 0 aliphatic heterocycles. The van der Waals surface area contributed by atoms with E-state index in [1.165, 1.54) is 19.4 Å². The highest BCUT2D eigenvalue weighted by Crippen LogP contribution is 2.12. The van der Waals surface area contributed by atoms with Crippen LogP contribution in [0.2, 0.25) is 0 Å². The molecule has 0 bridgehead atoms. The van der Waals surface area contributed by atoms with E-state index in [-0.39, 0.29) is 0 Å². The van der Waals surface area contributed by atoms with Crippen molar-refractivity contribution in [2.75, 3.05) is 20.1 Å². The lowest BCUT2D eigenvalue weighted by Gasteiger charge is -2.17. The zero-order valence-electron chi connectivity index (χ0n) is 9.79. The Morgan fingerprint density at radius 3 is 2.79 bits per heavy atom. The first-order chi connectivity index (χ1) is 6.68. The van der Waals surface area contributed by atoms with Crippen LogP contribution in [0.4, 0.5) is 0 Å². The summed E-state index contributed by atoms with van der Waals surface area (Å²) in [5.41, 5.74) is 1.55. The fourth-order valence-corrected chi connectivity index (χ4v) is 1.80. The minimum absolute atomic E-state index is 0.843. The maximum Gasteiger partial charge on any atom is 0.0196 e. The number of rotatable bonds is 6. The molecule has 14 heavy (non-hydrogen) atoms. The largest absolute Gasteiger partial charge is 0.302 e. The van der Waals surface area contributed by atoms with Crippen LogP contribution in [-0.4, -0.2) is 25.0 Å². The predicted octanol–water partition coefficient (Wildman–Crippen LogP) is 3.24. The van der Waals surface area contributed by atoms with Gasteiger partial charge in [-0.3, -0.25) is 0 Å². The first kappa shape index (κ1) is 11.5. The molecular formula is C13H23N. The Morgan fingerprint density at radius 1 is 1.43 bits per heavy atom. The maximum atomic E-state index is 2.43. The minimum atomic E-state index is 0.843. The minimum Gasteiger partial charge on any atom is -0.302 e. The van der Waals surface area contributed by atoms with Crippen molar-refractivity contribution in [1.29, 1.82) is 0 Å². The summed E-state index contributed by atoms with van der Waals surface area (Å²) in [6.45, 7) is 6.97. The average Bonchev–Trinajstić information content (AvgIpc) is 2.56. The fraction of sp³-hybridized carbons (Fsp3) is 0.692. The van der Waals surface area contributed by atoms with Crippen molar-refractivity contribution in [3.8, 4) is 0 Å². The molecule has 0 heterocycles. The second-order valence-corrected chi connectivity index (χ2v) is 4.73. The first-order valence-corrected chi connectivity index (χ1v) is 5.71. The van der Waals surface area contributed by atoms with Crippen LogP contribution in [0.3, 0.4) is 0 Å². The molecule has 0 unspecified atom stereocenters. The topological polar surface area (TPSA) is 3.24 Å². The summed E-state index contributed by atoms with van der Waals surface area (Å²) >= 11 is 0. The molecule has 1 rings (SSSR count). The zero-order chi connectivity index (χ0) is 10.4. The van der Waals surface area contributed by atoms with Crippen LogP contribution >= 0.6 is 0 Å². The zero-order valence-corrected chi connectivity index (χ0v) is 9.79. The highest BCUT2D eigenvalue weighted by molar-refractivity contribution is 5.23. The van der Waals surface area contributed by atoms with E-state index < -0.39 is 0 Å². The lowest BCUT2D eigenvalue weighted by atomic mass is 10.1. The van der Waals surface area contributed by atoms with Crippen molar-refractivity contribution in [2.24, 2.45) is 5.92 Å². The van der Waals surface area contributed by atoms with Gasteiger partial charge in [-0.25, -0.2) is 0 Å². The highest BCUT2D eigenvalue weighted by Gasteiger charge is 2.04. The lowest BCUT2D eigenvalue weighted by molar-refractivity contribution is 0.340. The van der Waals surface area contributed by atoms with Crippen LogP contribution in [0.15, 0.2) is 23.8 Å². The third-order valence-corrected chi connectivity index (χ3v) is 2.64. The summed E-state index contributed by atoms with van der Waals surface area (Å²) in [6.07, 6.45) is 10.5. The van der Waals surface area contributed by atoms with Gasteiger partial charge in [0.2, 0.25) is 0 Å². The molecule has 0 spiro atoms. The molecule has 0 N–H and O–H groups in total. The molecule has 0 aromatic heterocycles. The Morgan fingerprint density at radius 2 is 2.21 bits per heavy atom. The molecule has 0 saturated carbocycles. The van der Waals surface area contributed by atoms with E-state index in [1.54, 1.807) is 5.57 Å². The van der Waals surface area contributed by atoms with Crippen molar-refractivity contribution in [3.05, 3.63) is 23.8 Å². The van der Waals surface area contributed by atoms with Gasteiger partial charge in [-0.1, -0.05) is 37.6 Å². The van der Waals surface area contributed by atoms with Crippen molar-refractivity contribution in [1.82, 2.24) is 4.90 Å². The van der Waals surface area contributed by atoms with Crippen LogP contribution in [-0.2, 0) is 0 Å². The average molecular weight is 193 g/mol. The number of hydrogen-bond acceptors (Lipinski definition) is 1. The molecule has 0 atom stereocenters. The van der Waals surface area contributed by atoms with Gasteiger partial charge in [0.05, 0.1) is 0 Å². The van der Waals surface area contributed by atoms with Gasteiger partial charge in [-0.05, 0) is 38.8 Å². The second-order valence-electron chi connectivity index (χ2n) is 4.73. The van der Waals surface area contributed by atoms with Crippen molar-refractivity contribution >= 4 is 0 Å². The fourth-order valence-electron chi connectivity index (χ4n) is 1.80. The van der Waals surface area contributed by atoms with Crippen molar-refractivity contribution < 1.29 is 0 Å². The van der Waals surface area contributed by atoms with E-state index in [2.05, 4.69) is 44.0 Å². The summed E-state index contributed by atoms with van der Waals surface area (Å²) < 4.78 is 0. The van der Waals surface area contributed by atoms with E-state index in [0.29, 0.717) is 0 Å². The maximum absolute atomic E-state index is 2.43. The Kier molecular flexibility index (Phi) is 4.95. The van der Waals surface area contributed by atoms with Crippen molar-refractivity contribution in [3.63, 3.8) is 0 Å². The number of hydrogen-bond donors (Lipinski definition) is 0. The highest BCUT2D eigenvalue weighted by atomic mass is 15.1. The van der Waals surface area contributed by atoms with Gasteiger partial charge in [0, 0.05) is 6.54 Å². The molecule has 0 aromatic rings. The first-order valence-electron chi connectivity index (χ1n) is 5.71. The van der Waals surface area contributed by atoms with Crippen LogP contribution < -0.4 is 0 Å². The van der Waals surface area contributed by atoms with Crippen LogP contribution in [0.1, 0.15) is 33.1 Å². The van der Waals surface area contributed by atoms with E-state index >= 15 is 0 Å². The van der Waals surface area contributed by atoms with Crippen LogP contribution in [0.5, 0.6) is 0 Å². The summed E-state index contributed by atoms with van der Waals surface area (Å²) in [6, 6.07) is 0. The standard InChI is InChI=1S/C13H23N/c1-12(2)7-6-10-14(3)11-13-8-4-5-9-13/h4-5,8,12H,6-7,9-11H2,1-3H3. The molecule has 0 saturated heterocycles. The molecular weight excluding hydrogens is 170 g/mol. The third kappa shape index (κ3) is 4.61. The molecule has 0 aromatic carbocycles. The molecule has 1 aliphatic rings. The molecule has 80 valence electrons. The Bertz CT molecular complexity index is 213. The van der Waals surface area contributed by atoms with Crippen molar-refractivity contribution in [2.45, 2.75) is 33.1 Å². The summed E-state index contributed by atoms with van der Waals surface area (Å²) in [7, 11) is 2.22. The molecule has 0 radical (unpaired) electrons. The van der Waals surface area contributed by atoms with Gasteiger partial charge in [0.15, 0.2) is 0 Å². The van der Waals surface area contributed by atoms with E-state index in [1.807, 2.05) is 0 Å². The number of allylic oxidation sites excluding steroid dienone is 3. The quantitative estimate of drug-likeness (QED) is 0.626. The molecule has 1 nitrogen and oxygen atoms in total. The Balaban J connectivity index is 2.07. The van der Waals surface area contributed by atoms with Gasteiger partial charge in [0.1, 0.15) is 0 Å². The smallest absolute Gasteiger partial charge is 0.0196 e. The van der Waals surface area contributed by atoms with Crippen LogP contribution in [0.25, 0.3) is 0 Å². The van der Waals surface area contributed by atoms with E-state index in [0.717, 1.165) is 18.9 Å². The van der Waals surface area contributed by atoms with E-state index in [9.17, 15) is 0 Å². The summed E-state index contributed by atoms with van der Waals surface area (Å²) in [5.74, 6) is 0.843. The van der Waals surface area contributed by atoms with Gasteiger partial charge < -0.3 is 4.90 Å². The Hall–Kier alpha value is -0.560. The van der Waals surface area contributed by atoms with Crippen LogP contribution in [0, 0.1) is 5.92 Å². The van der Waals surface area contributed by atoms with Gasteiger partial charge >= 0.3 is 0 Å². The lowest BCUT2D eigenvalue weighted by Crippen LogP contribution is -2.22. The number of likely N-dealkylation sites (N-methyl/N-ethyl adjacent to an activating group) is 1. The summed E-state index contributed by atoms with van der Waals surface area (Å²) in [4.78, 5) is 2.43. The molecule has 0 fully saturated rings. The van der Waals surface area contributed by atoms with Gasteiger partial charge in [0.25, 0.3) is 0 Å². The predicted molar refractivity (Wildman–Crippen MR) is 63.4 cm³/mol. The molecule has 0 amide bonds. The SMILES string of the molecule is CC(C)CCCN(C)CC1=CC=CC1. The second kappa shape index (κ2) is 6.02. The molecule has 1 aliphatic carbocycles. The number of nitrogens with zero attached hydrogens (tertiary/aromatic N) is 1. The third-order valence-electron chi connectivity index (χ3n) is 2.64. The monoisotopic (exact) mass is 193 g/mol. The van der Waals surface area contributed by atoms with Gasteiger partial charge in [-0.2, -0.15) is 0 Å². The summed E-state index contributed by atoms with van der Waals surface area (Å²) in [5, 5.41) is 0. The van der Waals surface area contributed by atoms with E-state index in [4.69, 9.17) is 0 Å². The normalized spacial score (nSPS) is 15.6. The van der Waals surface area contributed by atoms with Gasteiger partial charge in [-0.15, -0.1) is 0 Å².